The Balaban J connectivity index is 1.94. The lowest BCUT2D eigenvalue weighted by Crippen LogP contribution is -2.20. The van der Waals surface area contributed by atoms with Gasteiger partial charge >= 0.3 is 0 Å². The van der Waals surface area contributed by atoms with Crippen LogP contribution in [-0.4, -0.2) is 32.6 Å². The van der Waals surface area contributed by atoms with Crippen molar-refractivity contribution in [3.8, 4) is 0 Å². The molecule has 2 aromatic carbocycles. The largest absolute Gasteiger partial charge is 0.364 e. The molecule has 0 aliphatic carbocycles. The number of nitrogens with one attached hydrogen (secondary N) is 1. The Morgan fingerprint density at radius 3 is 2.23 bits per heavy atom. The summed E-state index contributed by atoms with van der Waals surface area (Å²) in [6.07, 6.45) is 0.183. The minimum absolute atomic E-state index is 0.0629. The molecule has 1 aromatic heterocycles. The van der Waals surface area contributed by atoms with Crippen molar-refractivity contribution >= 4 is 58.2 Å². The summed E-state index contributed by atoms with van der Waals surface area (Å²) in [6.45, 7) is 1.72. The Hall–Kier alpha value is -2.94. The fourth-order valence-electron chi connectivity index (χ4n) is 2.79. The van der Waals surface area contributed by atoms with Gasteiger partial charge in [0.25, 0.3) is 5.91 Å². The monoisotopic (exact) mass is 479 g/mol. The summed E-state index contributed by atoms with van der Waals surface area (Å²) in [5.41, 5.74) is 6.23. The first-order chi connectivity index (χ1) is 14.7. The molecule has 0 radical (unpaired) electrons. The van der Waals surface area contributed by atoms with E-state index >= 15 is 0 Å². The zero-order valence-corrected chi connectivity index (χ0v) is 18.4. The van der Waals surface area contributed by atoms with Crippen LogP contribution < -0.4 is 11.1 Å². The van der Waals surface area contributed by atoms with Crippen LogP contribution in [0.25, 0.3) is 0 Å². The van der Waals surface area contributed by atoms with Gasteiger partial charge in [0.05, 0.1) is 22.2 Å². The van der Waals surface area contributed by atoms with Crippen LogP contribution in [0.2, 0.25) is 15.1 Å². The van der Waals surface area contributed by atoms with E-state index in [0.29, 0.717) is 16.1 Å². The van der Waals surface area contributed by atoms with Gasteiger partial charge in [-0.15, -0.1) is 5.10 Å². The van der Waals surface area contributed by atoms with Crippen molar-refractivity contribution in [2.24, 2.45) is 5.73 Å². The summed E-state index contributed by atoms with van der Waals surface area (Å²) in [4.78, 5) is 36.2. The van der Waals surface area contributed by atoms with E-state index in [4.69, 9.17) is 40.5 Å². The summed E-state index contributed by atoms with van der Waals surface area (Å²) in [5.74, 6) is -1.47. The standard InChI is InChI=1S/C20H16Cl3N5O3/c1-2-15(29)25-20-17(19(24)31)26-27-28(20)9-10-7-13(22)16(14(23)8-10)18(30)11-3-5-12(21)6-4-11/h3-8H,2,9H2,1H3,(H2,24,31)(H,25,29). The Labute approximate surface area is 192 Å². The van der Waals surface area contributed by atoms with Gasteiger partial charge in [-0.25, -0.2) is 4.68 Å². The van der Waals surface area contributed by atoms with Crippen molar-refractivity contribution in [2.75, 3.05) is 5.32 Å². The molecule has 2 amide bonds. The van der Waals surface area contributed by atoms with E-state index in [2.05, 4.69) is 15.6 Å². The lowest BCUT2D eigenvalue weighted by Gasteiger charge is -2.12. The summed E-state index contributed by atoms with van der Waals surface area (Å²) in [7, 11) is 0. The first-order valence-corrected chi connectivity index (χ1v) is 10.2. The SMILES string of the molecule is CCC(=O)Nc1c(C(N)=O)nnn1Cc1cc(Cl)c(C(=O)c2ccc(Cl)cc2)c(Cl)c1. The number of nitrogens with two attached hydrogens (primary N) is 1. The molecule has 0 fully saturated rings. The van der Waals surface area contributed by atoms with E-state index in [-0.39, 0.29) is 51.8 Å². The molecule has 0 unspecified atom stereocenters. The number of hydrogen-bond acceptors (Lipinski definition) is 5. The number of carbonyl (C=O) groups is 3. The lowest BCUT2D eigenvalue weighted by atomic mass is 10.0. The Morgan fingerprint density at radius 2 is 1.68 bits per heavy atom. The van der Waals surface area contributed by atoms with Gasteiger partial charge in [-0.2, -0.15) is 0 Å². The number of nitrogens with zero attached hydrogens (tertiary/aromatic N) is 3. The van der Waals surface area contributed by atoms with Crippen molar-refractivity contribution in [1.82, 2.24) is 15.0 Å². The number of halogens is 3. The zero-order valence-electron chi connectivity index (χ0n) is 16.2. The molecule has 0 spiro atoms. The van der Waals surface area contributed by atoms with E-state index in [1.165, 1.54) is 4.68 Å². The number of benzene rings is 2. The number of rotatable bonds is 7. The maximum absolute atomic E-state index is 12.8. The van der Waals surface area contributed by atoms with E-state index in [1.807, 2.05) is 0 Å². The number of aromatic nitrogens is 3. The van der Waals surface area contributed by atoms with Crippen LogP contribution in [0.3, 0.4) is 0 Å². The topological polar surface area (TPSA) is 120 Å². The number of anilines is 1. The molecule has 0 aliphatic heterocycles. The van der Waals surface area contributed by atoms with Gasteiger partial charge in [-0.1, -0.05) is 46.9 Å². The molecule has 0 atom stereocenters. The molecular weight excluding hydrogens is 465 g/mol. The fourth-order valence-corrected chi connectivity index (χ4v) is 3.62. The molecule has 31 heavy (non-hydrogen) atoms. The maximum atomic E-state index is 12.8. The molecule has 1 heterocycles. The molecule has 0 saturated heterocycles. The predicted molar refractivity (Wildman–Crippen MR) is 118 cm³/mol. The van der Waals surface area contributed by atoms with Crippen LogP contribution in [-0.2, 0) is 11.3 Å². The number of primary amides is 1. The molecule has 0 saturated carbocycles. The Kier molecular flexibility index (Phi) is 6.94. The van der Waals surface area contributed by atoms with Gasteiger partial charge in [-0.05, 0) is 42.0 Å². The fraction of sp³-hybridized carbons (Fsp3) is 0.150. The van der Waals surface area contributed by atoms with Gasteiger partial charge in [0.2, 0.25) is 5.91 Å². The third kappa shape index (κ3) is 5.04. The van der Waals surface area contributed by atoms with Crippen LogP contribution in [0.15, 0.2) is 36.4 Å². The van der Waals surface area contributed by atoms with Crippen molar-refractivity contribution in [3.05, 3.63) is 73.9 Å². The minimum atomic E-state index is -0.836. The van der Waals surface area contributed by atoms with Gasteiger partial charge in [0.1, 0.15) is 0 Å². The lowest BCUT2D eigenvalue weighted by molar-refractivity contribution is -0.115. The van der Waals surface area contributed by atoms with Gasteiger partial charge in [0, 0.05) is 17.0 Å². The second-order valence-corrected chi connectivity index (χ2v) is 7.73. The smallest absolute Gasteiger partial charge is 0.273 e. The maximum Gasteiger partial charge on any atom is 0.273 e. The number of amides is 2. The average Bonchev–Trinajstić information content (AvgIpc) is 3.10. The highest BCUT2D eigenvalue weighted by molar-refractivity contribution is 6.41. The summed E-state index contributed by atoms with van der Waals surface area (Å²) in [5, 5.41) is 10.9. The molecule has 0 bridgehead atoms. The van der Waals surface area contributed by atoms with Gasteiger partial charge in [-0.3, -0.25) is 14.4 Å². The highest BCUT2D eigenvalue weighted by atomic mass is 35.5. The predicted octanol–water partition coefficient (Wildman–Crippen LogP) is 3.97. The first kappa shape index (κ1) is 22.7. The molecule has 3 aromatic rings. The summed E-state index contributed by atoms with van der Waals surface area (Å²) < 4.78 is 1.29. The van der Waals surface area contributed by atoms with Gasteiger partial charge in [0.15, 0.2) is 17.3 Å². The van der Waals surface area contributed by atoms with Crippen molar-refractivity contribution in [1.29, 1.82) is 0 Å². The third-order valence-corrected chi connectivity index (χ3v) is 5.16. The second kappa shape index (κ2) is 9.47. The minimum Gasteiger partial charge on any atom is -0.364 e. The van der Waals surface area contributed by atoms with Crippen molar-refractivity contribution in [2.45, 2.75) is 19.9 Å². The van der Waals surface area contributed by atoms with Crippen LogP contribution >= 0.6 is 34.8 Å². The Bertz CT molecular complexity index is 1150. The summed E-state index contributed by atoms with van der Waals surface area (Å²) >= 11 is 18.6. The van der Waals surface area contributed by atoms with Gasteiger partial charge < -0.3 is 11.1 Å². The number of hydrogen-bond donors (Lipinski definition) is 2. The summed E-state index contributed by atoms with van der Waals surface area (Å²) in [6, 6.07) is 9.45. The molecule has 3 rings (SSSR count). The third-order valence-electron chi connectivity index (χ3n) is 4.32. The quantitative estimate of drug-likeness (QED) is 0.496. The molecule has 3 N–H and O–H groups in total. The van der Waals surface area contributed by atoms with E-state index < -0.39 is 5.91 Å². The molecule has 160 valence electrons. The molecule has 0 aliphatic rings. The average molecular weight is 481 g/mol. The molecular formula is C20H16Cl3N5O3. The number of ketones is 1. The van der Waals surface area contributed by atoms with Crippen molar-refractivity contribution < 1.29 is 14.4 Å². The second-order valence-electron chi connectivity index (χ2n) is 6.48. The molecule has 8 nitrogen and oxygen atoms in total. The van der Waals surface area contributed by atoms with E-state index in [1.54, 1.807) is 43.3 Å². The molecule has 11 heteroatoms. The first-order valence-electron chi connectivity index (χ1n) is 9.02. The number of carbonyl (C=O) groups excluding carboxylic acids is 3. The van der Waals surface area contributed by atoms with E-state index in [0.717, 1.165) is 0 Å². The normalized spacial score (nSPS) is 10.7. The highest BCUT2D eigenvalue weighted by Crippen LogP contribution is 2.30. The van der Waals surface area contributed by atoms with Crippen LogP contribution in [0, 0.1) is 0 Å². The van der Waals surface area contributed by atoms with E-state index in [9.17, 15) is 14.4 Å². The zero-order chi connectivity index (χ0) is 22.7. The van der Waals surface area contributed by atoms with Crippen LogP contribution in [0.5, 0.6) is 0 Å². The van der Waals surface area contributed by atoms with Crippen molar-refractivity contribution in [3.63, 3.8) is 0 Å². The van der Waals surface area contributed by atoms with Crippen LogP contribution in [0.4, 0.5) is 5.82 Å². The Morgan fingerprint density at radius 1 is 1.06 bits per heavy atom. The van der Waals surface area contributed by atoms with Crippen LogP contribution in [0.1, 0.15) is 45.3 Å². The highest BCUT2D eigenvalue weighted by Gasteiger charge is 2.21.